The van der Waals surface area contributed by atoms with Crippen LogP contribution in [-0.4, -0.2) is 20.7 Å². The van der Waals surface area contributed by atoms with Gasteiger partial charge in [0.15, 0.2) is 11.0 Å². The number of hydrogen-bond acceptors (Lipinski definition) is 4. The molecule has 0 unspecified atom stereocenters. The van der Waals surface area contributed by atoms with Crippen LogP contribution in [0.15, 0.2) is 78.0 Å². The van der Waals surface area contributed by atoms with Gasteiger partial charge in [-0.05, 0) is 54.3 Å². The number of thioether (sulfide) groups is 1. The zero-order valence-electron chi connectivity index (χ0n) is 20.1. The summed E-state index contributed by atoms with van der Waals surface area (Å²) in [6, 6.07) is 23.2. The Bertz CT molecular complexity index is 1290. The minimum absolute atomic E-state index is 0.162. The van der Waals surface area contributed by atoms with Crippen LogP contribution >= 0.6 is 35.0 Å². The van der Waals surface area contributed by atoms with Crippen LogP contribution < -0.4 is 5.32 Å². The minimum Gasteiger partial charge on any atom is -0.345 e. The van der Waals surface area contributed by atoms with Gasteiger partial charge in [0, 0.05) is 16.3 Å². The number of halogens is 2. The summed E-state index contributed by atoms with van der Waals surface area (Å²) < 4.78 is 1.88. The molecule has 186 valence electrons. The van der Waals surface area contributed by atoms with E-state index in [9.17, 15) is 4.79 Å². The Morgan fingerprint density at radius 2 is 1.72 bits per heavy atom. The number of carbonyl (C=O) groups excluding carboxylic acids is 1. The average Bonchev–Trinajstić information content (AvgIpc) is 3.29. The van der Waals surface area contributed by atoms with E-state index in [4.69, 9.17) is 23.2 Å². The van der Waals surface area contributed by atoms with E-state index in [-0.39, 0.29) is 12.5 Å². The molecule has 0 aliphatic rings. The molecule has 1 heterocycles. The second-order valence-electron chi connectivity index (χ2n) is 8.44. The highest BCUT2D eigenvalue weighted by Crippen LogP contribution is 2.30. The van der Waals surface area contributed by atoms with Gasteiger partial charge < -0.3 is 5.32 Å². The first-order valence-electron chi connectivity index (χ1n) is 12.0. The molecule has 0 atom stereocenters. The van der Waals surface area contributed by atoms with Crippen molar-refractivity contribution in [1.82, 2.24) is 20.1 Å². The highest BCUT2D eigenvalue weighted by molar-refractivity contribution is 7.98. The molecule has 1 aromatic heterocycles. The molecule has 1 N–H and O–H groups in total. The van der Waals surface area contributed by atoms with Gasteiger partial charge in [-0.3, -0.25) is 9.36 Å². The van der Waals surface area contributed by atoms with Gasteiger partial charge >= 0.3 is 0 Å². The third kappa shape index (κ3) is 6.90. The molecule has 3 aromatic carbocycles. The second kappa shape index (κ2) is 12.9. The molecule has 0 saturated heterocycles. The fourth-order valence-corrected chi connectivity index (χ4v) is 5.21. The van der Waals surface area contributed by atoms with Crippen LogP contribution in [-0.2, 0) is 18.7 Å². The highest BCUT2D eigenvalue weighted by Gasteiger charge is 2.18. The van der Waals surface area contributed by atoms with Crippen LogP contribution in [0.3, 0.4) is 0 Å². The molecule has 36 heavy (non-hydrogen) atoms. The summed E-state index contributed by atoms with van der Waals surface area (Å²) in [7, 11) is 0. The zero-order valence-corrected chi connectivity index (χ0v) is 22.4. The number of nitrogens with zero attached hydrogens (tertiary/aromatic N) is 3. The predicted octanol–water partition coefficient (Wildman–Crippen LogP) is 7.53. The van der Waals surface area contributed by atoms with Gasteiger partial charge in [0.2, 0.25) is 0 Å². The number of unbranched alkanes of at least 4 members (excludes halogenated alkanes) is 2. The van der Waals surface area contributed by atoms with Crippen molar-refractivity contribution in [1.29, 1.82) is 0 Å². The summed E-state index contributed by atoms with van der Waals surface area (Å²) in [6.07, 6.45) is 4.60. The fraction of sp³-hybridized carbons (Fsp3) is 0.250. The first-order valence-corrected chi connectivity index (χ1v) is 13.7. The van der Waals surface area contributed by atoms with E-state index in [1.165, 1.54) is 24.0 Å². The summed E-state index contributed by atoms with van der Waals surface area (Å²) in [5.41, 5.74) is 3.75. The van der Waals surface area contributed by atoms with Crippen molar-refractivity contribution < 1.29 is 4.79 Å². The van der Waals surface area contributed by atoms with E-state index >= 15 is 0 Å². The Morgan fingerprint density at radius 1 is 0.944 bits per heavy atom. The first kappa shape index (κ1) is 26.3. The van der Waals surface area contributed by atoms with Crippen molar-refractivity contribution >= 4 is 40.9 Å². The minimum atomic E-state index is -0.162. The average molecular weight is 540 g/mol. The Kier molecular flexibility index (Phi) is 9.45. The van der Waals surface area contributed by atoms with Crippen LogP contribution in [0, 0.1) is 0 Å². The molecule has 4 aromatic rings. The maximum absolute atomic E-state index is 12.8. The van der Waals surface area contributed by atoms with Gasteiger partial charge in [-0.15, -0.1) is 10.2 Å². The molecule has 5 nitrogen and oxygen atoms in total. The smallest absolute Gasteiger partial charge is 0.251 e. The van der Waals surface area contributed by atoms with Gasteiger partial charge in [0.1, 0.15) is 0 Å². The maximum atomic E-state index is 12.8. The lowest BCUT2D eigenvalue weighted by Gasteiger charge is -2.13. The Hall–Kier alpha value is -2.80. The van der Waals surface area contributed by atoms with Gasteiger partial charge in [0.05, 0.1) is 17.3 Å². The number of benzene rings is 3. The van der Waals surface area contributed by atoms with E-state index in [2.05, 4.69) is 34.6 Å². The van der Waals surface area contributed by atoms with Crippen molar-refractivity contribution in [3.8, 4) is 5.69 Å². The van der Waals surface area contributed by atoms with E-state index in [1.54, 1.807) is 23.9 Å². The standard InChI is InChI=1S/C28H28Cl2N4OS/c1-2-3-5-8-20-11-13-22(14-12-20)27(35)31-18-26-32-33-28(36-19-21-9-6-4-7-10-21)34(26)25-16-15-23(29)17-24(25)30/h4,6-7,9-17H,2-3,5,8,18-19H2,1H3,(H,31,35). The number of carbonyl (C=O) groups is 1. The zero-order chi connectivity index (χ0) is 25.3. The van der Waals surface area contributed by atoms with Crippen molar-refractivity contribution in [2.75, 3.05) is 0 Å². The molecule has 0 radical (unpaired) electrons. The number of amides is 1. The fourth-order valence-electron chi connectivity index (χ4n) is 3.80. The Balaban J connectivity index is 1.50. The van der Waals surface area contributed by atoms with Crippen molar-refractivity contribution in [2.24, 2.45) is 0 Å². The molecule has 0 fully saturated rings. The molecule has 0 aliphatic heterocycles. The lowest BCUT2D eigenvalue weighted by molar-refractivity contribution is 0.0949. The van der Waals surface area contributed by atoms with Gasteiger partial charge in [-0.2, -0.15) is 0 Å². The van der Waals surface area contributed by atoms with E-state index in [0.29, 0.717) is 32.3 Å². The van der Waals surface area contributed by atoms with E-state index in [0.717, 1.165) is 18.6 Å². The van der Waals surface area contributed by atoms with E-state index in [1.807, 2.05) is 53.1 Å². The van der Waals surface area contributed by atoms with Crippen LogP contribution in [0.25, 0.3) is 5.69 Å². The molecule has 0 aliphatic carbocycles. The summed E-state index contributed by atoms with van der Waals surface area (Å²) in [6.45, 7) is 2.40. The number of aromatic nitrogens is 3. The van der Waals surface area contributed by atoms with Crippen molar-refractivity contribution in [2.45, 2.75) is 50.1 Å². The van der Waals surface area contributed by atoms with Crippen molar-refractivity contribution in [3.63, 3.8) is 0 Å². The molecular formula is C28H28Cl2N4OS. The SMILES string of the molecule is CCCCCc1ccc(C(=O)NCc2nnc(SCc3ccccc3)n2-c2ccc(Cl)cc2Cl)cc1. The lowest BCUT2D eigenvalue weighted by atomic mass is 10.1. The second-order valence-corrected chi connectivity index (χ2v) is 10.2. The molecule has 1 amide bonds. The normalized spacial score (nSPS) is 11.0. The predicted molar refractivity (Wildman–Crippen MR) is 148 cm³/mol. The highest BCUT2D eigenvalue weighted by atomic mass is 35.5. The van der Waals surface area contributed by atoms with E-state index < -0.39 is 0 Å². The molecule has 4 rings (SSSR count). The monoisotopic (exact) mass is 538 g/mol. The summed E-state index contributed by atoms with van der Waals surface area (Å²) in [5.74, 6) is 1.14. The molecule has 0 bridgehead atoms. The number of nitrogens with one attached hydrogen (secondary N) is 1. The molecule has 0 saturated carbocycles. The summed E-state index contributed by atoms with van der Waals surface area (Å²) in [4.78, 5) is 12.8. The Labute approximate surface area is 226 Å². The maximum Gasteiger partial charge on any atom is 0.251 e. The van der Waals surface area contributed by atoms with Crippen molar-refractivity contribution in [3.05, 3.63) is 105 Å². The third-order valence-electron chi connectivity index (χ3n) is 5.75. The number of rotatable bonds is 11. The van der Waals surface area contributed by atoms with Crippen LogP contribution in [0.4, 0.5) is 0 Å². The van der Waals surface area contributed by atoms with Crippen LogP contribution in [0.5, 0.6) is 0 Å². The quantitative estimate of drug-likeness (QED) is 0.158. The molecule has 8 heteroatoms. The number of aryl methyl sites for hydroxylation is 1. The number of hydrogen-bond donors (Lipinski definition) is 1. The molecular weight excluding hydrogens is 511 g/mol. The lowest BCUT2D eigenvalue weighted by Crippen LogP contribution is -2.24. The van der Waals surface area contributed by atoms with Crippen LogP contribution in [0.1, 0.15) is 53.5 Å². The summed E-state index contributed by atoms with van der Waals surface area (Å²) >= 11 is 14.2. The molecule has 0 spiro atoms. The summed E-state index contributed by atoms with van der Waals surface area (Å²) in [5, 5.41) is 13.5. The Morgan fingerprint density at radius 3 is 2.44 bits per heavy atom. The topological polar surface area (TPSA) is 59.8 Å². The first-order chi connectivity index (χ1) is 17.5. The van der Waals surface area contributed by atoms with Crippen LogP contribution in [0.2, 0.25) is 10.0 Å². The largest absolute Gasteiger partial charge is 0.345 e. The third-order valence-corrected chi connectivity index (χ3v) is 7.29. The van der Waals surface area contributed by atoms with Gasteiger partial charge in [0.25, 0.3) is 5.91 Å². The van der Waals surface area contributed by atoms with Gasteiger partial charge in [-0.1, -0.05) is 97.2 Å². The van der Waals surface area contributed by atoms with Gasteiger partial charge in [-0.25, -0.2) is 0 Å².